The van der Waals surface area contributed by atoms with E-state index in [1.807, 2.05) is 0 Å². The van der Waals surface area contributed by atoms with Gasteiger partial charge in [0.2, 0.25) is 0 Å². The van der Waals surface area contributed by atoms with E-state index in [-0.39, 0.29) is 59.1 Å². The lowest BCUT2D eigenvalue weighted by Crippen LogP contribution is -2.17. The van der Waals surface area contributed by atoms with Gasteiger partial charge in [0.15, 0.2) is 34.9 Å². The number of halogens is 6. The zero-order valence-electron chi connectivity index (χ0n) is 21.0. The first kappa shape index (κ1) is 27.4. The van der Waals surface area contributed by atoms with Crippen molar-refractivity contribution in [3.05, 3.63) is 99.6 Å². The SMILES string of the molecule is CCC(O)c1ccc(COC2CC=C(c3ccc(-c4ccc(C5CO5)c(F)c4F)c(F)c3F)CC2)c(F)c1F. The van der Waals surface area contributed by atoms with Gasteiger partial charge in [-0.05, 0) is 31.3 Å². The van der Waals surface area contributed by atoms with Gasteiger partial charge in [-0.1, -0.05) is 49.4 Å². The Balaban J connectivity index is 1.28. The minimum absolute atomic E-state index is 0.0109. The number of epoxide rings is 1. The van der Waals surface area contributed by atoms with Crippen LogP contribution in [-0.2, 0) is 16.1 Å². The second-order valence-corrected chi connectivity index (χ2v) is 9.74. The largest absolute Gasteiger partial charge is 0.388 e. The number of rotatable bonds is 8. The summed E-state index contributed by atoms with van der Waals surface area (Å²) in [7, 11) is 0. The van der Waals surface area contributed by atoms with Crippen molar-refractivity contribution in [2.24, 2.45) is 0 Å². The summed E-state index contributed by atoms with van der Waals surface area (Å²) >= 11 is 0. The fraction of sp³-hybridized carbons (Fsp3) is 0.333. The molecule has 1 saturated heterocycles. The second-order valence-electron chi connectivity index (χ2n) is 9.74. The molecule has 0 radical (unpaired) electrons. The molecule has 0 bridgehead atoms. The average Bonchev–Trinajstić information content (AvgIpc) is 3.78. The molecule has 1 fully saturated rings. The number of ether oxygens (including phenoxy) is 2. The summed E-state index contributed by atoms with van der Waals surface area (Å²) in [5, 5.41) is 9.81. The van der Waals surface area contributed by atoms with Crippen LogP contribution in [0.2, 0.25) is 0 Å². The fourth-order valence-corrected chi connectivity index (χ4v) is 4.86. The highest BCUT2D eigenvalue weighted by molar-refractivity contribution is 5.72. The van der Waals surface area contributed by atoms with Gasteiger partial charge in [-0.15, -0.1) is 0 Å². The smallest absolute Gasteiger partial charge is 0.167 e. The Morgan fingerprint density at radius 3 is 2.13 bits per heavy atom. The van der Waals surface area contributed by atoms with Crippen molar-refractivity contribution < 1.29 is 40.9 Å². The number of benzene rings is 3. The average molecular weight is 549 g/mol. The number of aliphatic hydroxyl groups is 1. The topological polar surface area (TPSA) is 42.0 Å². The number of hydrogen-bond acceptors (Lipinski definition) is 3. The summed E-state index contributed by atoms with van der Waals surface area (Å²) in [6.45, 7) is 1.74. The van der Waals surface area contributed by atoms with E-state index in [1.165, 1.54) is 36.4 Å². The quantitative estimate of drug-likeness (QED) is 0.230. The summed E-state index contributed by atoms with van der Waals surface area (Å²) in [5.74, 6) is -7.03. The van der Waals surface area contributed by atoms with Crippen molar-refractivity contribution in [3.63, 3.8) is 0 Å². The van der Waals surface area contributed by atoms with Crippen LogP contribution >= 0.6 is 0 Å². The van der Waals surface area contributed by atoms with Crippen molar-refractivity contribution in [3.8, 4) is 11.1 Å². The first-order chi connectivity index (χ1) is 18.7. The zero-order valence-corrected chi connectivity index (χ0v) is 21.0. The maximum Gasteiger partial charge on any atom is 0.167 e. The van der Waals surface area contributed by atoms with Gasteiger partial charge in [-0.3, -0.25) is 0 Å². The van der Waals surface area contributed by atoms with E-state index < -0.39 is 47.1 Å². The predicted molar refractivity (Wildman–Crippen MR) is 132 cm³/mol. The van der Waals surface area contributed by atoms with Gasteiger partial charge in [-0.2, -0.15) is 0 Å². The first-order valence-electron chi connectivity index (χ1n) is 12.7. The van der Waals surface area contributed by atoms with E-state index in [4.69, 9.17) is 9.47 Å². The molecule has 1 aliphatic carbocycles. The first-order valence-corrected chi connectivity index (χ1v) is 12.7. The van der Waals surface area contributed by atoms with Crippen molar-refractivity contribution in [2.45, 2.75) is 57.5 Å². The minimum atomic E-state index is -1.28. The van der Waals surface area contributed by atoms with Crippen molar-refractivity contribution >= 4 is 5.57 Å². The maximum atomic E-state index is 15.1. The molecule has 1 aliphatic heterocycles. The summed E-state index contributed by atoms with van der Waals surface area (Å²) in [6, 6.07) is 7.78. The fourth-order valence-electron chi connectivity index (χ4n) is 4.86. The van der Waals surface area contributed by atoms with Gasteiger partial charge in [0.25, 0.3) is 0 Å². The third-order valence-electron chi connectivity index (χ3n) is 7.29. The number of allylic oxidation sites excluding steroid dienone is 1. The van der Waals surface area contributed by atoms with Gasteiger partial charge in [0.05, 0.1) is 25.4 Å². The number of hydrogen-bond donors (Lipinski definition) is 1. The van der Waals surface area contributed by atoms with Crippen LogP contribution in [0.5, 0.6) is 0 Å². The molecule has 1 heterocycles. The van der Waals surface area contributed by atoms with Gasteiger partial charge >= 0.3 is 0 Å². The molecular formula is C30H26F6O3. The van der Waals surface area contributed by atoms with Crippen molar-refractivity contribution in [1.29, 1.82) is 0 Å². The van der Waals surface area contributed by atoms with Crippen LogP contribution in [0.3, 0.4) is 0 Å². The molecule has 5 rings (SSSR count). The van der Waals surface area contributed by atoms with Gasteiger partial charge < -0.3 is 14.6 Å². The Hall–Kier alpha value is -3.14. The molecule has 9 heteroatoms. The Kier molecular flexibility index (Phi) is 7.84. The van der Waals surface area contributed by atoms with E-state index in [9.17, 15) is 22.7 Å². The monoisotopic (exact) mass is 548 g/mol. The predicted octanol–water partition coefficient (Wildman–Crippen LogP) is 7.86. The molecule has 0 spiro atoms. The lowest BCUT2D eigenvalue weighted by molar-refractivity contribution is 0.0341. The molecule has 1 N–H and O–H groups in total. The highest BCUT2D eigenvalue weighted by Crippen LogP contribution is 2.38. The third kappa shape index (κ3) is 5.35. The maximum absolute atomic E-state index is 15.1. The van der Waals surface area contributed by atoms with Crippen LogP contribution < -0.4 is 0 Å². The van der Waals surface area contributed by atoms with Crippen LogP contribution in [0.15, 0.2) is 42.5 Å². The summed E-state index contributed by atoms with van der Waals surface area (Å²) in [6.07, 6.45) is 1.05. The van der Waals surface area contributed by atoms with Crippen LogP contribution in [0.1, 0.15) is 67.1 Å². The normalized spacial score (nSPS) is 19.6. The molecule has 0 saturated carbocycles. The lowest BCUT2D eigenvalue weighted by atomic mass is 9.90. The summed E-state index contributed by atoms with van der Waals surface area (Å²) in [4.78, 5) is 0. The third-order valence-corrected chi connectivity index (χ3v) is 7.29. The van der Waals surface area contributed by atoms with Gasteiger partial charge in [0.1, 0.15) is 6.10 Å². The van der Waals surface area contributed by atoms with E-state index in [2.05, 4.69) is 0 Å². The molecule has 3 nitrogen and oxygen atoms in total. The van der Waals surface area contributed by atoms with Gasteiger partial charge in [0, 0.05) is 33.4 Å². The molecule has 3 atom stereocenters. The molecule has 3 aromatic carbocycles. The molecular weight excluding hydrogens is 522 g/mol. The lowest BCUT2D eigenvalue weighted by Gasteiger charge is -2.23. The second kappa shape index (κ2) is 11.2. The van der Waals surface area contributed by atoms with Crippen molar-refractivity contribution in [1.82, 2.24) is 0 Å². The Morgan fingerprint density at radius 2 is 1.49 bits per heavy atom. The van der Waals surface area contributed by atoms with Crippen molar-refractivity contribution in [2.75, 3.05) is 6.61 Å². The molecule has 3 aromatic rings. The van der Waals surface area contributed by atoms with Crippen LogP contribution in [-0.4, -0.2) is 17.8 Å². The summed E-state index contributed by atoms with van der Waals surface area (Å²) < 4.78 is 98.6. The molecule has 2 aliphatic rings. The molecule has 206 valence electrons. The highest BCUT2D eigenvalue weighted by atomic mass is 19.2. The standard InChI is InChI=1S/C30H26F6O3/c1-2-23(37)21-8-5-16(25(31)29(21)35)13-38-17-6-3-15(4-7-17)18-9-10-19(27(33)26(18)32)20-11-12-22(24-14-39-24)30(36)28(20)34/h3,5,8-12,17,23-24,37H,2,4,6-7,13-14H2,1H3. The van der Waals surface area contributed by atoms with Crippen LogP contribution in [0.4, 0.5) is 26.3 Å². The molecule has 0 amide bonds. The summed E-state index contributed by atoms with van der Waals surface area (Å²) in [5.41, 5.74) is -0.288. The zero-order chi connectivity index (χ0) is 27.8. The van der Waals surface area contributed by atoms with E-state index in [0.29, 0.717) is 24.8 Å². The highest BCUT2D eigenvalue weighted by Gasteiger charge is 2.31. The van der Waals surface area contributed by atoms with E-state index >= 15 is 8.78 Å². The number of aliphatic hydroxyl groups excluding tert-OH is 1. The van der Waals surface area contributed by atoms with Gasteiger partial charge in [-0.25, -0.2) is 26.3 Å². The van der Waals surface area contributed by atoms with Crippen LogP contribution in [0, 0.1) is 34.9 Å². The Morgan fingerprint density at radius 1 is 0.846 bits per heavy atom. The van der Waals surface area contributed by atoms with E-state index in [1.54, 1.807) is 13.0 Å². The molecule has 39 heavy (non-hydrogen) atoms. The molecule has 0 aromatic heterocycles. The Labute approximate surface area is 221 Å². The Bertz CT molecular complexity index is 1430. The minimum Gasteiger partial charge on any atom is -0.388 e. The van der Waals surface area contributed by atoms with Crippen LogP contribution in [0.25, 0.3) is 16.7 Å². The molecule has 3 unspecified atom stereocenters. The van der Waals surface area contributed by atoms with E-state index in [0.717, 1.165) is 0 Å².